The third kappa shape index (κ3) is 1.96. The minimum Gasteiger partial charge on any atom is -0.295 e. The number of rotatable bonds is 3. The molecule has 3 rings (SSSR count). The molecule has 1 saturated carbocycles. The van der Waals surface area contributed by atoms with Gasteiger partial charge in [-0.1, -0.05) is 19.8 Å². The zero-order valence-corrected chi connectivity index (χ0v) is 13.0. The van der Waals surface area contributed by atoms with Gasteiger partial charge in [-0.2, -0.15) is 0 Å². The molecule has 0 radical (unpaired) electrons. The van der Waals surface area contributed by atoms with Crippen LogP contribution in [-0.2, 0) is 14.1 Å². The summed E-state index contributed by atoms with van der Waals surface area (Å²) >= 11 is 0. The first-order chi connectivity index (χ1) is 10.00. The maximum absolute atomic E-state index is 13.0. The van der Waals surface area contributed by atoms with Crippen LogP contribution >= 0.6 is 0 Å². The van der Waals surface area contributed by atoms with Gasteiger partial charge < -0.3 is 0 Å². The highest BCUT2D eigenvalue weighted by molar-refractivity contribution is 6.02. The Balaban J connectivity index is 2.11. The standard InChI is InChI=1S/C17H22N2O2/c1-4-17(9-5-6-10-17)15(20)12-7-8-13-14(11-12)19(3)16(21)18(13)2/h7-8,11H,4-6,9-10H2,1-3H3. The molecule has 2 aromatic rings. The Bertz CT molecular complexity index is 761. The van der Waals surface area contributed by atoms with Gasteiger partial charge in [-0.05, 0) is 37.5 Å². The highest BCUT2D eigenvalue weighted by Gasteiger charge is 2.39. The summed E-state index contributed by atoms with van der Waals surface area (Å²) in [4.78, 5) is 24.9. The average Bonchev–Trinajstić information content (AvgIpc) is 3.08. The van der Waals surface area contributed by atoms with Gasteiger partial charge in [0.05, 0.1) is 11.0 Å². The molecule has 0 spiro atoms. The summed E-state index contributed by atoms with van der Waals surface area (Å²) in [5.41, 5.74) is 2.21. The second-order valence-corrected chi connectivity index (χ2v) is 6.27. The molecule has 4 nitrogen and oxygen atoms in total. The van der Waals surface area contributed by atoms with Gasteiger partial charge in [-0.25, -0.2) is 4.79 Å². The van der Waals surface area contributed by atoms with Crippen molar-refractivity contribution in [1.29, 1.82) is 0 Å². The number of hydrogen-bond donors (Lipinski definition) is 0. The van der Waals surface area contributed by atoms with Crippen LogP contribution in [-0.4, -0.2) is 14.9 Å². The maximum atomic E-state index is 13.0. The van der Waals surface area contributed by atoms with Crippen LogP contribution in [0.1, 0.15) is 49.4 Å². The first-order valence-electron chi connectivity index (χ1n) is 7.70. The summed E-state index contributed by atoms with van der Waals surface area (Å²) in [6.07, 6.45) is 5.18. The van der Waals surface area contributed by atoms with Crippen LogP contribution in [0.2, 0.25) is 0 Å². The molecule has 0 aliphatic heterocycles. The molecule has 1 aliphatic carbocycles. The lowest BCUT2D eigenvalue weighted by molar-refractivity contribution is 0.0791. The molecule has 0 amide bonds. The molecular formula is C17H22N2O2. The normalized spacial score (nSPS) is 17.5. The van der Waals surface area contributed by atoms with Crippen molar-refractivity contribution in [2.24, 2.45) is 19.5 Å². The van der Waals surface area contributed by atoms with E-state index in [0.717, 1.165) is 48.7 Å². The van der Waals surface area contributed by atoms with Crippen molar-refractivity contribution in [3.8, 4) is 0 Å². The number of ketones is 1. The molecular weight excluding hydrogens is 264 g/mol. The van der Waals surface area contributed by atoms with Gasteiger partial charge in [0, 0.05) is 25.1 Å². The van der Waals surface area contributed by atoms with Crippen LogP contribution in [0.5, 0.6) is 0 Å². The van der Waals surface area contributed by atoms with E-state index in [0.29, 0.717) is 0 Å². The van der Waals surface area contributed by atoms with E-state index in [4.69, 9.17) is 0 Å². The van der Waals surface area contributed by atoms with E-state index in [1.807, 2.05) is 18.2 Å². The fourth-order valence-corrected chi connectivity index (χ4v) is 3.75. The van der Waals surface area contributed by atoms with Crippen LogP contribution in [0.3, 0.4) is 0 Å². The van der Waals surface area contributed by atoms with Crippen molar-refractivity contribution in [2.45, 2.75) is 39.0 Å². The predicted octanol–water partition coefficient (Wildman–Crippen LogP) is 3.03. The Morgan fingerprint density at radius 2 is 1.76 bits per heavy atom. The number of imidazole rings is 1. The predicted molar refractivity (Wildman–Crippen MR) is 83.7 cm³/mol. The number of benzene rings is 1. The van der Waals surface area contributed by atoms with Crippen LogP contribution in [0.15, 0.2) is 23.0 Å². The van der Waals surface area contributed by atoms with Crippen molar-refractivity contribution in [2.75, 3.05) is 0 Å². The molecule has 1 heterocycles. The molecule has 0 unspecified atom stereocenters. The minimum absolute atomic E-state index is 0.0549. The number of carbonyl (C=O) groups excluding carboxylic acids is 1. The van der Waals surface area contributed by atoms with E-state index < -0.39 is 0 Å². The summed E-state index contributed by atoms with van der Waals surface area (Å²) in [5.74, 6) is 0.251. The number of fused-ring (bicyclic) bond motifs is 1. The van der Waals surface area contributed by atoms with Gasteiger partial charge in [0.25, 0.3) is 0 Å². The molecule has 1 fully saturated rings. The van der Waals surface area contributed by atoms with E-state index in [1.165, 1.54) is 0 Å². The average molecular weight is 286 g/mol. The van der Waals surface area contributed by atoms with Crippen LogP contribution < -0.4 is 5.69 Å². The first-order valence-corrected chi connectivity index (χ1v) is 7.70. The minimum atomic E-state index is -0.179. The van der Waals surface area contributed by atoms with Gasteiger partial charge in [0.1, 0.15) is 0 Å². The summed E-state index contributed by atoms with van der Waals surface area (Å²) in [7, 11) is 3.51. The zero-order chi connectivity index (χ0) is 15.2. The number of nitrogens with zero attached hydrogens (tertiary/aromatic N) is 2. The van der Waals surface area contributed by atoms with Crippen LogP contribution in [0.25, 0.3) is 11.0 Å². The largest absolute Gasteiger partial charge is 0.328 e. The molecule has 0 atom stereocenters. The molecule has 1 aromatic heterocycles. The summed E-state index contributed by atoms with van der Waals surface area (Å²) < 4.78 is 3.23. The van der Waals surface area contributed by atoms with Gasteiger partial charge >= 0.3 is 5.69 Å². The summed E-state index contributed by atoms with van der Waals surface area (Å²) in [6.45, 7) is 2.11. The smallest absolute Gasteiger partial charge is 0.295 e. The second-order valence-electron chi connectivity index (χ2n) is 6.27. The fraction of sp³-hybridized carbons (Fsp3) is 0.529. The van der Waals surface area contributed by atoms with Gasteiger partial charge in [-0.15, -0.1) is 0 Å². The molecule has 1 aromatic carbocycles. The monoisotopic (exact) mass is 286 g/mol. The number of aromatic nitrogens is 2. The van der Waals surface area contributed by atoms with Gasteiger partial charge in [0.2, 0.25) is 0 Å². The highest BCUT2D eigenvalue weighted by atomic mass is 16.1. The Hall–Kier alpha value is -1.84. The molecule has 0 bridgehead atoms. The van der Waals surface area contributed by atoms with Crippen molar-refractivity contribution in [3.05, 3.63) is 34.2 Å². The Labute approximate surface area is 124 Å². The summed E-state index contributed by atoms with van der Waals surface area (Å²) in [6, 6.07) is 5.65. The van der Waals surface area contributed by atoms with E-state index in [1.54, 1.807) is 23.2 Å². The lowest BCUT2D eigenvalue weighted by Gasteiger charge is -2.25. The quantitative estimate of drug-likeness (QED) is 0.814. The summed E-state index contributed by atoms with van der Waals surface area (Å²) in [5, 5.41) is 0. The highest BCUT2D eigenvalue weighted by Crippen LogP contribution is 2.43. The van der Waals surface area contributed by atoms with E-state index in [-0.39, 0.29) is 16.9 Å². The Morgan fingerprint density at radius 1 is 1.14 bits per heavy atom. The number of carbonyl (C=O) groups is 1. The number of Topliss-reactive ketones (excluding diaryl/α,β-unsaturated/α-hetero) is 1. The van der Waals surface area contributed by atoms with Gasteiger partial charge in [-0.3, -0.25) is 13.9 Å². The third-order valence-electron chi connectivity index (χ3n) is 5.25. The zero-order valence-electron chi connectivity index (χ0n) is 13.0. The van der Waals surface area contributed by atoms with Gasteiger partial charge in [0.15, 0.2) is 5.78 Å². The second kappa shape index (κ2) is 4.86. The van der Waals surface area contributed by atoms with E-state index in [2.05, 4.69) is 6.92 Å². The van der Waals surface area contributed by atoms with Crippen molar-refractivity contribution < 1.29 is 4.79 Å². The molecule has 21 heavy (non-hydrogen) atoms. The fourth-order valence-electron chi connectivity index (χ4n) is 3.75. The van der Waals surface area contributed by atoms with E-state index in [9.17, 15) is 9.59 Å². The maximum Gasteiger partial charge on any atom is 0.328 e. The van der Waals surface area contributed by atoms with Crippen LogP contribution in [0.4, 0.5) is 0 Å². The molecule has 0 saturated heterocycles. The SMILES string of the molecule is CCC1(C(=O)c2ccc3c(c2)n(C)c(=O)n3C)CCCC1. The first kappa shape index (κ1) is 14.1. The third-order valence-corrected chi connectivity index (χ3v) is 5.25. The molecule has 0 N–H and O–H groups in total. The lowest BCUT2D eigenvalue weighted by Crippen LogP contribution is -2.27. The van der Waals surface area contributed by atoms with Crippen molar-refractivity contribution in [3.63, 3.8) is 0 Å². The van der Waals surface area contributed by atoms with Crippen molar-refractivity contribution >= 4 is 16.8 Å². The lowest BCUT2D eigenvalue weighted by atomic mass is 9.76. The Morgan fingerprint density at radius 3 is 2.38 bits per heavy atom. The molecule has 112 valence electrons. The van der Waals surface area contributed by atoms with E-state index >= 15 is 0 Å². The van der Waals surface area contributed by atoms with Crippen LogP contribution in [0, 0.1) is 5.41 Å². The number of aryl methyl sites for hydroxylation is 2. The molecule has 4 heteroatoms. The number of hydrogen-bond acceptors (Lipinski definition) is 2. The molecule has 1 aliphatic rings. The Kier molecular flexibility index (Phi) is 3.27. The topological polar surface area (TPSA) is 44.0 Å². The van der Waals surface area contributed by atoms with Crippen molar-refractivity contribution in [1.82, 2.24) is 9.13 Å².